The van der Waals surface area contributed by atoms with Gasteiger partial charge in [-0.25, -0.2) is 0 Å². The predicted molar refractivity (Wildman–Crippen MR) is 44.6 cm³/mol. The van der Waals surface area contributed by atoms with Gasteiger partial charge in [-0.15, -0.1) is 0 Å². The van der Waals surface area contributed by atoms with E-state index in [1.54, 1.807) is 0 Å². The Bertz CT molecular complexity index is 140. The van der Waals surface area contributed by atoms with Gasteiger partial charge < -0.3 is 9.64 Å². The van der Waals surface area contributed by atoms with Gasteiger partial charge in [0.15, 0.2) is 0 Å². The first kappa shape index (κ1) is 7.56. The molecule has 2 fully saturated rings. The van der Waals surface area contributed by atoms with Gasteiger partial charge in [-0.3, -0.25) is 0 Å². The van der Waals surface area contributed by atoms with Crippen molar-refractivity contribution < 1.29 is 4.74 Å². The maximum Gasteiger partial charge on any atom is 0.0536 e. The quantitative estimate of drug-likeness (QED) is 0.519. The summed E-state index contributed by atoms with van der Waals surface area (Å²) in [6, 6.07) is 0.761. The minimum atomic E-state index is 0.536. The molecule has 0 aliphatic carbocycles. The van der Waals surface area contributed by atoms with Crippen LogP contribution in [0, 0.1) is 5.41 Å². The predicted octanol–water partition coefficient (Wildman–Crippen LogP) is 1.12. The number of nitrogens with zero attached hydrogens (tertiary/aromatic N) is 1. The maximum atomic E-state index is 5.45. The van der Waals surface area contributed by atoms with Crippen molar-refractivity contribution in [2.45, 2.75) is 25.8 Å². The lowest BCUT2D eigenvalue weighted by atomic mass is 9.85. The lowest BCUT2D eigenvalue weighted by Crippen LogP contribution is -2.25. The second-order valence-electron chi connectivity index (χ2n) is 4.27. The Balaban J connectivity index is 2.06. The van der Waals surface area contributed by atoms with E-state index in [-0.39, 0.29) is 0 Å². The number of likely N-dealkylation sites (tertiary alicyclic amines) is 1. The molecule has 0 radical (unpaired) electrons. The summed E-state index contributed by atoms with van der Waals surface area (Å²) in [6.07, 6.45) is 2.62. The van der Waals surface area contributed by atoms with Crippen molar-refractivity contribution in [3.63, 3.8) is 0 Å². The van der Waals surface area contributed by atoms with Crippen molar-refractivity contribution in [3.05, 3.63) is 0 Å². The van der Waals surface area contributed by atoms with E-state index in [2.05, 4.69) is 18.9 Å². The van der Waals surface area contributed by atoms with Crippen LogP contribution in [0.5, 0.6) is 0 Å². The Kier molecular flexibility index (Phi) is 1.69. The van der Waals surface area contributed by atoms with Gasteiger partial charge in [0.25, 0.3) is 0 Å². The highest BCUT2D eigenvalue weighted by Gasteiger charge is 2.43. The van der Waals surface area contributed by atoms with Crippen LogP contribution in [0.2, 0.25) is 0 Å². The van der Waals surface area contributed by atoms with Crippen LogP contribution in [0.15, 0.2) is 0 Å². The first-order valence-corrected chi connectivity index (χ1v) is 4.50. The smallest absolute Gasteiger partial charge is 0.0536 e. The van der Waals surface area contributed by atoms with Gasteiger partial charge in [-0.1, -0.05) is 0 Å². The van der Waals surface area contributed by atoms with E-state index in [0.717, 1.165) is 19.3 Å². The molecule has 0 N–H and O–H groups in total. The Labute approximate surface area is 68.5 Å². The van der Waals surface area contributed by atoms with Gasteiger partial charge in [0.2, 0.25) is 0 Å². The molecule has 11 heavy (non-hydrogen) atoms. The molecule has 2 saturated heterocycles. The zero-order valence-electron chi connectivity index (χ0n) is 7.47. The Morgan fingerprint density at radius 3 is 2.82 bits per heavy atom. The zero-order valence-corrected chi connectivity index (χ0v) is 7.47. The first-order valence-electron chi connectivity index (χ1n) is 4.50. The summed E-state index contributed by atoms with van der Waals surface area (Å²) >= 11 is 0. The summed E-state index contributed by atoms with van der Waals surface area (Å²) in [5.41, 5.74) is 0.536. The van der Waals surface area contributed by atoms with Crippen LogP contribution in [0.3, 0.4) is 0 Å². The molecule has 64 valence electrons. The molecule has 2 aliphatic heterocycles. The van der Waals surface area contributed by atoms with E-state index in [9.17, 15) is 0 Å². The largest absolute Gasteiger partial charge is 0.381 e. The van der Waals surface area contributed by atoms with Crippen molar-refractivity contribution in [2.24, 2.45) is 5.41 Å². The highest BCUT2D eigenvalue weighted by Crippen LogP contribution is 2.40. The number of hydrogen-bond donors (Lipinski definition) is 0. The van der Waals surface area contributed by atoms with Crippen LogP contribution in [-0.4, -0.2) is 37.7 Å². The van der Waals surface area contributed by atoms with Crippen molar-refractivity contribution >= 4 is 0 Å². The summed E-state index contributed by atoms with van der Waals surface area (Å²) in [4.78, 5) is 2.45. The van der Waals surface area contributed by atoms with Crippen molar-refractivity contribution in [2.75, 3.05) is 26.8 Å². The number of rotatable bonds is 0. The molecule has 0 bridgehead atoms. The van der Waals surface area contributed by atoms with Gasteiger partial charge in [-0.05, 0) is 26.8 Å². The third kappa shape index (κ3) is 1.18. The van der Waals surface area contributed by atoms with Crippen LogP contribution < -0.4 is 0 Å². The molecule has 2 nitrogen and oxygen atoms in total. The van der Waals surface area contributed by atoms with Crippen molar-refractivity contribution in [1.82, 2.24) is 4.90 Å². The monoisotopic (exact) mass is 155 g/mol. The average molecular weight is 155 g/mol. The molecule has 2 aliphatic rings. The fraction of sp³-hybridized carbons (Fsp3) is 1.00. The molecule has 2 rings (SSSR count). The fourth-order valence-electron chi connectivity index (χ4n) is 2.47. The third-order valence-corrected chi connectivity index (χ3v) is 3.25. The highest BCUT2D eigenvalue weighted by molar-refractivity contribution is 4.95. The van der Waals surface area contributed by atoms with Crippen LogP contribution in [0.1, 0.15) is 19.8 Å². The maximum absolute atomic E-state index is 5.45. The average Bonchev–Trinajstić information content (AvgIpc) is 2.46. The fourth-order valence-corrected chi connectivity index (χ4v) is 2.47. The second kappa shape index (κ2) is 2.46. The second-order valence-corrected chi connectivity index (χ2v) is 4.27. The van der Waals surface area contributed by atoms with Gasteiger partial charge >= 0.3 is 0 Å². The summed E-state index contributed by atoms with van der Waals surface area (Å²) in [7, 11) is 2.22. The van der Waals surface area contributed by atoms with Gasteiger partial charge in [-0.2, -0.15) is 0 Å². The van der Waals surface area contributed by atoms with E-state index in [1.807, 2.05) is 0 Å². The molecule has 1 unspecified atom stereocenters. The topological polar surface area (TPSA) is 12.5 Å². The van der Waals surface area contributed by atoms with Gasteiger partial charge in [0.1, 0.15) is 0 Å². The Hall–Kier alpha value is -0.0800. The molecular weight excluding hydrogens is 138 g/mol. The molecule has 0 amide bonds. The summed E-state index contributed by atoms with van der Waals surface area (Å²) in [5, 5.41) is 0. The molecule has 2 heteroatoms. The normalized spacial score (nSPS) is 45.8. The minimum absolute atomic E-state index is 0.536. The summed E-state index contributed by atoms with van der Waals surface area (Å²) < 4.78 is 5.45. The molecule has 0 aromatic heterocycles. The van der Waals surface area contributed by atoms with E-state index < -0.39 is 0 Å². The molecule has 1 spiro atoms. The molecular formula is C9H17NO. The summed E-state index contributed by atoms with van der Waals surface area (Å²) in [5.74, 6) is 0. The Morgan fingerprint density at radius 2 is 2.36 bits per heavy atom. The standard InChI is InChI=1S/C9H17NO/c1-8-5-9(6-10(8)2)3-4-11-7-9/h8H,3-7H2,1-2H3/t8?,9-/m0/s1. The highest BCUT2D eigenvalue weighted by atomic mass is 16.5. The summed E-state index contributed by atoms with van der Waals surface area (Å²) in [6.45, 7) is 5.55. The van der Waals surface area contributed by atoms with E-state index in [4.69, 9.17) is 4.74 Å². The Morgan fingerprint density at radius 1 is 1.55 bits per heavy atom. The number of hydrogen-bond acceptors (Lipinski definition) is 2. The van der Waals surface area contributed by atoms with Crippen LogP contribution >= 0.6 is 0 Å². The molecule has 0 saturated carbocycles. The SMILES string of the molecule is CC1C[C@@]2(CCOC2)CN1C. The first-order chi connectivity index (χ1) is 5.22. The van der Waals surface area contributed by atoms with Crippen LogP contribution in [0.4, 0.5) is 0 Å². The van der Waals surface area contributed by atoms with Crippen LogP contribution in [-0.2, 0) is 4.74 Å². The van der Waals surface area contributed by atoms with Gasteiger partial charge in [0.05, 0.1) is 6.61 Å². The van der Waals surface area contributed by atoms with Crippen LogP contribution in [0.25, 0.3) is 0 Å². The lowest BCUT2D eigenvalue weighted by Gasteiger charge is -2.19. The zero-order chi connectivity index (χ0) is 7.90. The van der Waals surface area contributed by atoms with Crippen molar-refractivity contribution in [3.8, 4) is 0 Å². The van der Waals surface area contributed by atoms with E-state index in [0.29, 0.717) is 5.41 Å². The molecule has 2 atom stereocenters. The van der Waals surface area contributed by atoms with E-state index in [1.165, 1.54) is 19.4 Å². The molecule has 2 heterocycles. The lowest BCUT2D eigenvalue weighted by molar-refractivity contribution is 0.154. The molecule has 0 aromatic carbocycles. The molecule has 0 aromatic rings. The van der Waals surface area contributed by atoms with Crippen molar-refractivity contribution in [1.29, 1.82) is 0 Å². The van der Waals surface area contributed by atoms with E-state index >= 15 is 0 Å². The third-order valence-electron chi connectivity index (χ3n) is 3.25. The number of ether oxygens (including phenoxy) is 1. The van der Waals surface area contributed by atoms with Gasteiger partial charge in [0, 0.05) is 24.6 Å². The minimum Gasteiger partial charge on any atom is -0.381 e.